The van der Waals surface area contributed by atoms with Crippen LogP contribution < -0.4 is 15.3 Å². The first-order valence-corrected chi connectivity index (χ1v) is 7.19. The van der Waals surface area contributed by atoms with Crippen LogP contribution in [0.5, 0.6) is 0 Å². The molecule has 2 heterocycles. The Morgan fingerprint density at radius 1 is 1.53 bits per heavy atom. The van der Waals surface area contributed by atoms with E-state index in [1.807, 2.05) is 12.3 Å². The molecule has 0 bridgehead atoms. The van der Waals surface area contributed by atoms with Gasteiger partial charge in [0.05, 0.1) is 18.8 Å². The smallest absolute Gasteiger partial charge is 0.281 e. The van der Waals surface area contributed by atoms with E-state index in [0.717, 1.165) is 10.6 Å². The molecule has 0 spiro atoms. The summed E-state index contributed by atoms with van der Waals surface area (Å²) in [7, 11) is 0. The van der Waals surface area contributed by atoms with E-state index in [0.29, 0.717) is 37.6 Å². The number of piperidine rings is 1. The van der Waals surface area contributed by atoms with E-state index in [2.05, 4.69) is 10.3 Å². The molecule has 0 radical (unpaired) electrons. The third-order valence-corrected chi connectivity index (χ3v) is 4.18. The van der Waals surface area contributed by atoms with Crippen molar-refractivity contribution in [2.24, 2.45) is 5.92 Å². The number of nitrogens with zero attached hydrogens (tertiary/aromatic N) is 1. The molecule has 0 aliphatic carbocycles. The van der Waals surface area contributed by atoms with Crippen molar-refractivity contribution < 1.29 is 19.6 Å². The number of aryl methyl sites for hydroxylation is 1. The van der Waals surface area contributed by atoms with Crippen molar-refractivity contribution in [2.75, 3.05) is 25.0 Å². The minimum absolute atomic E-state index is 0.0729. The van der Waals surface area contributed by atoms with Gasteiger partial charge in [-0.05, 0) is 6.92 Å². The molecule has 1 aromatic rings. The minimum atomic E-state index is -0.971. The summed E-state index contributed by atoms with van der Waals surface area (Å²) in [5.41, 5.74) is 0.891. The van der Waals surface area contributed by atoms with Gasteiger partial charge in [0, 0.05) is 30.1 Å². The molecule has 1 fully saturated rings. The van der Waals surface area contributed by atoms with Crippen molar-refractivity contribution in [2.45, 2.75) is 19.8 Å². The molecule has 19 heavy (non-hydrogen) atoms. The van der Waals surface area contributed by atoms with Gasteiger partial charge in [-0.2, -0.15) is 0 Å². The van der Waals surface area contributed by atoms with Crippen molar-refractivity contribution in [3.8, 4) is 0 Å². The molecular weight excluding hydrogens is 266 g/mol. The molecule has 1 saturated heterocycles. The van der Waals surface area contributed by atoms with Crippen LogP contribution in [0.3, 0.4) is 0 Å². The Morgan fingerprint density at radius 2 is 2.21 bits per heavy atom. The van der Waals surface area contributed by atoms with Crippen LogP contribution in [0, 0.1) is 12.8 Å². The van der Waals surface area contributed by atoms with E-state index in [4.69, 9.17) is 0 Å². The van der Waals surface area contributed by atoms with E-state index in [1.165, 1.54) is 11.3 Å². The van der Waals surface area contributed by atoms with Crippen LogP contribution in [0.2, 0.25) is 0 Å². The quantitative estimate of drug-likeness (QED) is 0.699. The number of hydrogen-bond acceptors (Lipinski definition) is 5. The zero-order valence-corrected chi connectivity index (χ0v) is 11.6. The molecular formula is C12H17N3O3S. The third-order valence-electron chi connectivity index (χ3n) is 3.30. The maximum atomic E-state index is 11.8. The first-order chi connectivity index (χ1) is 9.04. The summed E-state index contributed by atoms with van der Waals surface area (Å²) in [6, 6.07) is 0. The summed E-state index contributed by atoms with van der Waals surface area (Å²) >= 11 is 1.41. The van der Waals surface area contributed by atoms with Crippen molar-refractivity contribution in [3.63, 3.8) is 0 Å². The summed E-state index contributed by atoms with van der Waals surface area (Å²) in [5, 5.41) is 16.0. The van der Waals surface area contributed by atoms with Gasteiger partial charge in [0.25, 0.3) is 5.91 Å². The number of aromatic nitrogens is 1. The molecule has 2 rings (SSSR count). The van der Waals surface area contributed by atoms with Crippen LogP contribution in [0.15, 0.2) is 5.38 Å². The lowest BCUT2D eigenvalue weighted by Gasteiger charge is -2.29. The lowest BCUT2D eigenvalue weighted by atomic mass is 9.97. The average molecular weight is 283 g/mol. The van der Waals surface area contributed by atoms with Crippen LogP contribution in [0.1, 0.15) is 18.5 Å². The van der Waals surface area contributed by atoms with Gasteiger partial charge in [0.1, 0.15) is 0 Å². The standard InChI is InChI=1S/C12H17N3O3S/c1-8-7-19-12(13-8)14-10(16)6-15-4-2-9(3-5-15)11(17)18/h7,9H,2-6H2,1H3,(H,17,18)(H,13,14,16). The maximum Gasteiger partial charge on any atom is 0.281 e. The van der Waals surface area contributed by atoms with Gasteiger partial charge in [0.15, 0.2) is 11.7 Å². The number of carboxylic acids is 1. The molecule has 2 N–H and O–H groups in total. The van der Waals surface area contributed by atoms with Gasteiger partial charge >= 0.3 is 0 Å². The van der Waals surface area contributed by atoms with Crippen LogP contribution in [0.25, 0.3) is 0 Å². The molecule has 0 aromatic carbocycles. The number of hydrogen-bond donors (Lipinski definition) is 2. The van der Waals surface area contributed by atoms with E-state index >= 15 is 0 Å². The number of aliphatic carboxylic acids is 1. The molecule has 7 heteroatoms. The number of likely N-dealkylation sites (tertiary alicyclic amines) is 1. The number of quaternary nitrogens is 1. The zero-order chi connectivity index (χ0) is 13.8. The fourth-order valence-electron chi connectivity index (χ4n) is 2.24. The van der Waals surface area contributed by atoms with Gasteiger partial charge < -0.3 is 14.8 Å². The molecule has 0 atom stereocenters. The Labute approximate surface area is 115 Å². The van der Waals surface area contributed by atoms with Crippen molar-refractivity contribution >= 4 is 28.3 Å². The average Bonchev–Trinajstić information content (AvgIpc) is 2.75. The number of anilines is 1. The monoisotopic (exact) mass is 283 g/mol. The summed E-state index contributed by atoms with van der Waals surface area (Å²) in [4.78, 5) is 27.8. The number of amides is 1. The number of carbonyl (C=O) groups excluding carboxylic acids is 2. The SMILES string of the molecule is Cc1csc(NC(=O)C[NH+]2CCC(C(=O)[O-])CC2)n1. The molecule has 0 saturated carbocycles. The van der Waals surface area contributed by atoms with E-state index in [1.54, 1.807) is 0 Å². The molecule has 1 aliphatic heterocycles. The lowest BCUT2D eigenvalue weighted by Crippen LogP contribution is -3.14. The van der Waals surface area contributed by atoms with Gasteiger partial charge in [-0.25, -0.2) is 4.98 Å². The third kappa shape index (κ3) is 4.00. The molecule has 0 unspecified atom stereocenters. The predicted octanol–water partition coefficient (Wildman–Crippen LogP) is -1.57. The highest BCUT2D eigenvalue weighted by molar-refractivity contribution is 7.13. The second kappa shape index (κ2) is 6.12. The highest BCUT2D eigenvalue weighted by Gasteiger charge is 2.24. The Bertz CT molecular complexity index is 467. The Morgan fingerprint density at radius 3 is 2.74 bits per heavy atom. The molecule has 104 valence electrons. The first kappa shape index (κ1) is 14.0. The van der Waals surface area contributed by atoms with Crippen LogP contribution in [-0.4, -0.2) is 36.5 Å². The second-order valence-corrected chi connectivity index (χ2v) is 5.72. The summed E-state index contributed by atoms with van der Waals surface area (Å²) in [6.45, 7) is 3.63. The number of thiazole rings is 1. The van der Waals surface area contributed by atoms with E-state index in [9.17, 15) is 14.7 Å². The highest BCUT2D eigenvalue weighted by atomic mass is 32.1. The first-order valence-electron chi connectivity index (χ1n) is 6.31. The van der Waals surface area contributed by atoms with Gasteiger partial charge in [-0.15, -0.1) is 11.3 Å². The topological polar surface area (TPSA) is 86.6 Å². The number of nitrogens with one attached hydrogen (secondary N) is 2. The minimum Gasteiger partial charge on any atom is -0.550 e. The van der Waals surface area contributed by atoms with Crippen LogP contribution in [-0.2, 0) is 9.59 Å². The molecule has 6 nitrogen and oxygen atoms in total. The summed E-state index contributed by atoms with van der Waals surface area (Å²) < 4.78 is 0. The normalized spacial score (nSPS) is 23.0. The lowest BCUT2D eigenvalue weighted by molar-refractivity contribution is -0.897. The number of rotatable bonds is 4. The van der Waals surface area contributed by atoms with Crippen molar-refractivity contribution in [1.29, 1.82) is 0 Å². The Kier molecular flexibility index (Phi) is 4.49. The number of carboxylic acid groups (broad SMARTS) is 1. The molecule has 1 aromatic heterocycles. The number of carbonyl (C=O) groups is 2. The zero-order valence-electron chi connectivity index (χ0n) is 10.8. The van der Waals surface area contributed by atoms with Gasteiger partial charge in [-0.1, -0.05) is 0 Å². The van der Waals surface area contributed by atoms with Gasteiger partial charge in [-0.3, -0.25) is 10.1 Å². The fraction of sp³-hybridized carbons (Fsp3) is 0.583. The Balaban J connectivity index is 1.76. The fourth-order valence-corrected chi connectivity index (χ4v) is 2.94. The second-order valence-electron chi connectivity index (χ2n) is 4.86. The predicted molar refractivity (Wildman–Crippen MR) is 68.8 cm³/mol. The molecule has 1 aliphatic rings. The van der Waals surface area contributed by atoms with Crippen LogP contribution >= 0.6 is 11.3 Å². The summed E-state index contributed by atoms with van der Waals surface area (Å²) in [6.07, 6.45) is 1.17. The van der Waals surface area contributed by atoms with E-state index < -0.39 is 5.97 Å². The van der Waals surface area contributed by atoms with Crippen LogP contribution in [0.4, 0.5) is 5.13 Å². The van der Waals surface area contributed by atoms with Crippen molar-refractivity contribution in [3.05, 3.63) is 11.1 Å². The largest absolute Gasteiger partial charge is 0.550 e. The maximum absolute atomic E-state index is 11.8. The van der Waals surface area contributed by atoms with Crippen molar-refractivity contribution in [1.82, 2.24) is 4.98 Å². The molecule has 1 amide bonds. The summed E-state index contributed by atoms with van der Waals surface area (Å²) in [5.74, 6) is -1.40. The van der Waals surface area contributed by atoms with Gasteiger partial charge in [0.2, 0.25) is 0 Å². The highest BCUT2D eigenvalue weighted by Crippen LogP contribution is 2.13. The Hall–Kier alpha value is -1.47. The van der Waals surface area contributed by atoms with E-state index in [-0.39, 0.29) is 11.8 Å².